The van der Waals surface area contributed by atoms with Crippen LogP contribution in [0.2, 0.25) is 0 Å². The molecule has 4 aromatic rings. The van der Waals surface area contributed by atoms with Crippen molar-refractivity contribution in [2.24, 2.45) is 0 Å². The van der Waals surface area contributed by atoms with Crippen molar-refractivity contribution in [3.63, 3.8) is 0 Å². The Balaban J connectivity index is 1.47. The number of amides is 1. The second-order valence-electron chi connectivity index (χ2n) is 7.14. The maximum Gasteiger partial charge on any atom is 0.255 e. The molecule has 0 bridgehead atoms. The fourth-order valence-electron chi connectivity index (χ4n) is 3.83. The molecule has 0 spiro atoms. The van der Waals surface area contributed by atoms with E-state index in [-0.39, 0.29) is 17.7 Å². The zero-order valence-corrected chi connectivity index (χ0v) is 16.0. The van der Waals surface area contributed by atoms with E-state index in [1.54, 1.807) is 43.1 Å². The van der Waals surface area contributed by atoms with Crippen molar-refractivity contribution in [1.82, 2.24) is 30.0 Å². The lowest BCUT2D eigenvalue weighted by atomic mass is 9.90. The van der Waals surface area contributed by atoms with Gasteiger partial charge in [0.25, 0.3) is 5.91 Å². The molecule has 2 unspecified atom stereocenters. The second kappa shape index (κ2) is 7.82. The normalized spacial score (nSPS) is 18.5. The van der Waals surface area contributed by atoms with E-state index >= 15 is 0 Å². The Morgan fingerprint density at radius 1 is 0.900 bits per heavy atom. The van der Waals surface area contributed by atoms with Crippen molar-refractivity contribution in [3.8, 4) is 11.4 Å². The van der Waals surface area contributed by atoms with Crippen LogP contribution in [0.4, 0.5) is 0 Å². The molecule has 8 nitrogen and oxygen atoms in total. The smallest absolute Gasteiger partial charge is 0.255 e. The molecular weight excluding hydrogens is 380 g/mol. The molecule has 0 N–H and O–H groups in total. The Kier molecular flexibility index (Phi) is 4.72. The lowest BCUT2D eigenvalue weighted by molar-refractivity contribution is 0.0787. The van der Waals surface area contributed by atoms with E-state index < -0.39 is 0 Å². The van der Waals surface area contributed by atoms with Crippen LogP contribution in [0.25, 0.3) is 11.4 Å². The molecule has 8 heteroatoms. The van der Waals surface area contributed by atoms with Crippen LogP contribution in [0.5, 0.6) is 0 Å². The Bertz CT molecular complexity index is 1130. The van der Waals surface area contributed by atoms with Crippen LogP contribution in [0, 0.1) is 0 Å². The van der Waals surface area contributed by atoms with E-state index in [4.69, 9.17) is 4.52 Å². The fraction of sp³-hybridized carbons (Fsp3) is 0.182. The topological polar surface area (TPSA) is 97.9 Å². The summed E-state index contributed by atoms with van der Waals surface area (Å²) >= 11 is 0. The summed E-state index contributed by atoms with van der Waals surface area (Å²) < 4.78 is 5.64. The van der Waals surface area contributed by atoms with Crippen LogP contribution in [0.1, 0.15) is 33.6 Å². The van der Waals surface area contributed by atoms with Gasteiger partial charge >= 0.3 is 0 Å². The number of aromatic nitrogens is 5. The Morgan fingerprint density at radius 2 is 1.67 bits per heavy atom. The Hall–Kier alpha value is -3.94. The van der Waals surface area contributed by atoms with Crippen LogP contribution in [-0.4, -0.2) is 49.0 Å². The largest absolute Gasteiger partial charge is 0.339 e. The highest BCUT2D eigenvalue weighted by Gasteiger charge is 2.40. The van der Waals surface area contributed by atoms with Gasteiger partial charge in [-0.1, -0.05) is 11.2 Å². The van der Waals surface area contributed by atoms with E-state index in [0.29, 0.717) is 30.4 Å². The highest BCUT2D eigenvalue weighted by Crippen LogP contribution is 2.39. The number of carbonyl (C=O) groups excluding carboxylic acids is 1. The van der Waals surface area contributed by atoms with Crippen LogP contribution >= 0.6 is 0 Å². The second-order valence-corrected chi connectivity index (χ2v) is 7.14. The first-order chi connectivity index (χ1) is 14.8. The number of pyridine rings is 3. The molecule has 0 aliphatic carbocycles. The first-order valence-electron chi connectivity index (χ1n) is 9.63. The minimum absolute atomic E-state index is 0.00469. The maximum absolute atomic E-state index is 13.0. The monoisotopic (exact) mass is 398 g/mol. The third kappa shape index (κ3) is 3.43. The summed E-state index contributed by atoms with van der Waals surface area (Å²) in [6.45, 7) is 1.02. The summed E-state index contributed by atoms with van der Waals surface area (Å²) in [5.74, 6) is 0.836. The Morgan fingerprint density at radius 3 is 2.40 bits per heavy atom. The van der Waals surface area contributed by atoms with Crippen molar-refractivity contribution in [3.05, 3.63) is 90.6 Å². The standard InChI is InChI=1S/C22H18N6O2/c29-22(17-4-2-8-25-12-17)28-13-18(16-3-1-7-24-11-16)19(14-28)21-26-20(27-30-21)15-5-9-23-10-6-15/h1-12,18-19H,13-14H2. The first-order valence-corrected chi connectivity index (χ1v) is 9.63. The van der Waals surface area contributed by atoms with E-state index in [0.717, 1.165) is 11.1 Å². The number of nitrogens with zero attached hydrogens (tertiary/aromatic N) is 6. The molecule has 0 aromatic carbocycles. The molecule has 1 amide bonds. The van der Waals surface area contributed by atoms with E-state index in [1.807, 2.05) is 35.4 Å². The number of carbonyl (C=O) groups is 1. The average Bonchev–Trinajstić information content (AvgIpc) is 3.48. The third-order valence-corrected chi connectivity index (χ3v) is 5.33. The molecule has 5 rings (SSSR count). The molecule has 4 aromatic heterocycles. The van der Waals surface area contributed by atoms with Gasteiger partial charge in [-0.3, -0.25) is 19.7 Å². The van der Waals surface area contributed by atoms with Gasteiger partial charge in [-0.2, -0.15) is 4.98 Å². The van der Waals surface area contributed by atoms with Crippen molar-refractivity contribution in [2.45, 2.75) is 11.8 Å². The van der Waals surface area contributed by atoms with Gasteiger partial charge in [0.1, 0.15) is 0 Å². The van der Waals surface area contributed by atoms with E-state index in [1.165, 1.54) is 0 Å². The molecule has 0 radical (unpaired) electrons. The molecular formula is C22H18N6O2. The summed E-state index contributed by atoms with van der Waals surface area (Å²) in [5.41, 5.74) is 2.43. The molecule has 1 fully saturated rings. The number of likely N-dealkylation sites (tertiary alicyclic amines) is 1. The van der Waals surface area contributed by atoms with Gasteiger partial charge in [0.05, 0.1) is 11.5 Å². The summed E-state index contributed by atoms with van der Waals surface area (Å²) in [6, 6.07) is 11.1. The Labute approximate surface area is 172 Å². The van der Waals surface area contributed by atoms with Gasteiger partial charge in [-0.15, -0.1) is 0 Å². The predicted octanol–water partition coefficient (Wildman–Crippen LogP) is 2.95. The number of hydrogen-bond donors (Lipinski definition) is 0. The molecule has 148 valence electrons. The lowest BCUT2D eigenvalue weighted by Crippen LogP contribution is -2.28. The minimum atomic E-state index is -0.127. The molecule has 5 heterocycles. The fourth-order valence-corrected chi connectivity index (χ4v) is 3.83. The molecule has 30 heavy (non-hydrogen) atoms. The van der Waals surface area contributed by atoms with Gasteiger partial charge in [0.2, 0.25) is 11.7 Å². The molecule has 1 aliphatic rings. The van der Waals surface area contributed by atoms with Gasteiger partial charge in [-0.05, 0) is 35.9 Å². The highest BCUT2D eigenvalue weighted by atomic mass is 16.5. The molecule has 1 saturated heterocycles. The van der Waals surface area contributed by atoms with Gasteiger partial charge in [0.15, 0.2) is 0 Å². The predicted molar refractivity (Wildman–Crippen MR) is 107 cm³/mol. The molecule has 2 atom stereocenters. The van der Waals surface area contributed by atoms with Gasteiger partial charge < -0.3 is 9.42 Å². The zero-order valence-electron chi connectivity index (χ0n) is 16.0. The summed E-state index contributed by atoms with van der Waals surface area (Å²) in [7, 11) is 0. The van der Waals surface area contributed by atoms with Gasteiger partial charge in [-0.25, -0.2) is 0 Å². The average molecular weight is 398 g/mol. The summed E-state index contributed by atoms with van der Waals surface area (Å²) in [4.78, 5) is 31.8. The van der Waals surface area contributed by atoms with Crippen molar-refractivity contribution in [2.75, 3.05) is 13.1 Å². The molecule has 1 aliphatic heterocycles. The molecule has 0 saturated carbocycles. The number of rotatable bonds is 4. The summed E-state index contributed by atoms with van der Waals surface area (Å²) in [5, 5.41) is 4.14. The highest BCUT2D eigenvalue weighted by molar-refractivity contribution is 5.94. The van der Waals surface area contributed by atoms with Crippen LogP contribution in [-0.2, 0) is 0 Å². The SMILES string of the molecule is O=C(c1cccnc1)N1CC(c2cccnc2)C(c2nc(-c3ccncc3)no2)C1. The van der Waals surface area contributed by atoms with Gasteiger partial charge in [0, 0.05) is 61.8 Å². The minimum Gasteiger partial charge on any atom is -0.339 e. The van der Waals surface area contributed by atoms with Crippen LogP contribution < -0.4 is 0 Å². The van der Waals surface area contributed by atoms with Crippen LogP contribution in [0.15, 0.2) is 78.1 Å². The van der Waals surface area contributed by atoms with Crippen molar-refractivity contribution in [1.29, 1.82) is 0 Å². The van der Waals surface area contributed by atoms with Crippen molar-refractivity contribution >= 4 is 5.91 Å². The van der Waals surface area contributed by atoms with E-state index in [9.17, 15) is 4.79 Å². The third-order valence-electron chi connectivity index (χ3n) is 5.33. The summed E-state index contributed by atoms with van der Waals surface area (Å²) in [6.07, 6.45) is 10.2. The van der Waals surface area contributed by atoms with E-state index in [2.05, 4.69) is 25.1 Å². The quantitative estimate of drug-likeness (QED) is 0.521. The van der Waals surface area contributed by atoms with Crippen LogP contribution in [0.3, 0.4) is 0 Å². The van der Waals surface area contributed by atoms with Crippen molar-refractivity contribution < 1.29 is 9.32 Å². The maximum atomic E-state index is 13.0. The number of hydrogen-bond acceptors (Lipinski definition) is 7. The lowest BCUT2D eigenvalue weighted by Gasteiger charge is -2.16. The first kappa shape index (κ1) is 18.1. The zero-order chi connectivity index (χ0) is 20.3.